The van der Waals surface area contributed by atoms with E-state index >= 15 is 0 Å². The van der Waals surface area contributed by atoms with Crippen molar-refractivity contribution in [2.75, 3.05) is 5.32 Å². The lowest BCUT2D eigenvalue weighted by Gasteiger charge is -2.24. The lowest BCUT2D eigenvalue weighted by atomic mass is 9.86. The number of nitrogens with zero attached hydrogens (tertiary/aromatic N) is 3. The van der Waals surface area contributed by atoms with Gasteiger partial charge in [-0.05, 0) is 37.0 Å². The molecule has 0 bridgehead atoms. The Morgan fingerprint density at radius 1 is 1.36 bits per heavy atom. The molecule has 0 aromatic carbocycles. The number of aromatic nitrogens is 3. The van der Waals surface area contributed by atoms with E-state index in [2.05, 4.69) is 29.2 Å². The van der Waals surface area contributed by atoms with Crippen LogP contribution >= 0.6 is 0 Å². The first-order valence-corrected chi connectivity index (χ1v) is 7.83. The Morgan fingerprint density at radius 2 is 2.09 bits per heavy atom. The number of hydrogen-bond acceptors (Lipinski definition) is 3. The number of carbonyl (C=O) groups excluding carboxylic acids is 1. The van der Waals surface area contributed by atoms with E-state index in [1.54, 1.807) is 12.4 Å². The summed E-state index contributed by atoms with van der Waals surface area (Å²) in [5.74, 6) is 1.60. The van der Waals surface area contributed by atoms with Crippen molar-refractivity contribution in [2.24, 2.45) is 5.92 Å². The molecule has 116 valence electrons. The molecule has 1 aliphatic heterocycles. The molecule has 3 heterocycles. The van der Waals surface area contributed by atoms with Gasteiger partial charge in [0.05, 0.1) is 5.69 Å². The quantitative estimate of drug-likeness (QED) is 0.943. The Bertz CT molecular complexity index is 675. The first-order valence-electron chi connectivity index (χ1n) is 7.83. The zero-order valence-electron chi connectivity index (χ0n) is 13.3. The first-order chi connectivity index (χ1) is 10.6. The third-order valence-corrected chi connectivity index (χ3v) is 4.20. The van der Waals surface area contributed by atoms with E-state index in [9.17, 15) is 4.79 Å². The van der Waals surface area contributed by atoms with Gasteiger partial charge in [-0.1, -0.05) is 13.8 Å². The minimum Gasteiger partial charge on any atom is -0.311 e. The second-order valence-electron chi connectivity index (χ2n) is 6.34. The lowest BCUT2D eigenvalue weighted by Crippen LogP contribution is -2.25. The fourth-order valence-electron chi connectivity index (χ4n) is 3.04. The highest BCUT2D eigenvalue weighted by Crippen LogP contribution is 2.39. The maximum atomic E-state index is 12.1. The summed E-state index contributed by atoms with van der Waals surface area (Å²) in [6, 6.07) is 3.97. The summed E-state index contributed by atoms with van der Waals surface area (Å²) in [5, 5.41) is 7.68. The van der Waals surface area contributed by atoms with E-state index < -0.39 is 0 Å². The molecule has 22 heavy (non-hydrogen) atoms. The van der Waals surface area contributed by atoms with Gasteiger partial charge in [0, 0.05) is 36.8 Å². The highest BCUT2D eigenvalue weighted by atomic mass is 16.1. The Labute approximate surface area is 130 Å². The summed E-state index contributed by atoms with van der Waals surface area (Å²) < 4.78 is 1.95. The molecule has 1 aliphatic rings. The van der Waals surface area contributed by atoms with Crippen molar-refractivity contribution < 1.29 is 4.79 Å². The van der Waals surface area contributed by atoms with Gasteiger partial charge in [0.25, 0.3) is 0 Å². The first kappa shape index (κ1) is 14.8. The molecule has 2 aromatic rings. The number of rotatable bonds is 4. The molecule has 0 saturated heterocycles. The van der Waals surface area contributed by atoms with Crippen LogP contribution in [0, 0.1) is 12.8 Å². The van der Waals surface area contributed by atoms with Gasteiger partial charge in [-0.15, -0.1) is 0 Å². The van der Waals surface area contributed by atoms with E-state index in [0.29, 0.717) is 12.3 Å². The number of pyridine rings is 1. The van der Waals surface area contributed by atoms with Crippen LogP contribution in [0.15, 0.2) is 24.5 Å². The smallest absolute Gasteiger partial charge is 0.226 e. The molecule has 2 aromatic heterocycles. The van der Waals surface area contributed by atoms with Crippen LogP contribution in [0.2, 0.25) is 0 Å². The predicted octanol–water partition coefficient (Wildman–Crippen LogP) is 3.11. The Balaban J connectivity index is 2.01. The molecule has 1 atom stereocenters. The van der Waals surface area contributed by atoms with Crippen molar-refractivity contribution in [1.82, 2.24) is 14.8 Å². The van der Waals surface area contributed by atoms with E-state index in [1.807, 2.05) is 23.7 Å². The summed E-state index contributed by atoms with van der Waals surface area (Å²) in [5.41, 5.74) is 3.27. The third-order valence-electron chi connectivity index (χ3n) is 4.20. The van der Waals surface area contributed by atoms with Crippen LogP contribution in [0.1, 0.15) is 49.4 Å². The average Bonchev–Trinajstić information content (AvgIpc) is 2.81. The van der Waals surface area contributed by atoms with Crippen molar-refractivity contribution in [3.63, 3.8) is 0 Å². The molecule has 1 N–H and O–H groups in total. The normalized spacial score (nSPS) is 17.5. The second-order valence-corrected chi connectivity index (χ2v) is 6.34. The molecule has 1 amide bonds. The summed E-state index contributed by atoms with van der Waals surface area (Å²) in [4.78, 5) is 16.2. The number of hydrogen-bond donors (Lipinski definition) is 1. The van der Waals surface area contributed by atoms with Gasteiger partial charge < -0.3 is 5.32 Å². The lowest BCUT2D eigenvalue weighted by molar-refractivity contribution is -0.116. The zero-order chi connectivity index (χ0) is 15.7. The van der Waals surface area contributed by atoms with Crippen LogP contribution in [0.4, 0.5) is 5.82 Å². The number of nitrogens with one attached hydrogen (secondary N) is 1. The van der Waals surface area contributed by atoms with Crippen molar-refractivity contribution in [2.45, 2.75) is 46.1 Å². The topological polar surface area (TPSA) is 59.8 Å². The van der Waals surface area contributed by atoms with Crippen LogP contribution in [0.25, 0.3) is 0 Å². The Hall–Kier alpha value is -2.17. The summed E-state index contributed by atoms with van der Waals surface area (Å²) >= 11 is 0. The Morgan fingerprint density at radius 3 is 2.77 bits per heavy atom. The van der Waals surface area contributed by atoms with E-state index in [1.165, 1.54) is 0 Å². The minimum absolute atomic E-state index is 0.0556. The van der Waals surface area contributed by atoms with Gasteiger partial charge in [0.15, 0.2) is 0 Å². The highest BCUT2D eigenvalue weighted by Gasteiger charge is 2.32. The molecule has 0 fully saturated rings. The van der Waals surface area contributed by atoms with Crippen LogP contribution in [-0.2, 0) is 11.3 Å². The molecule has 3 rings (SSSR count). The van der Waals surface area contributed by atoms with Gasteiger partial charge in [-0.3, -0.25) is 9.78 Å². The maximum Gasteiger partial charge on any atom is 0.226 e. The molecular formula is C17H22N4O. The largest absolute Gasteiger partial charge is 0.311 e. The number of carbonyl (C=O) groups is 1. The zero-order valence-corrected chi connectivity index (χ0v) is 13.3. The van der Waals surface area contributed by atoms with E-state index in [0.717, 1.165) is 35.6 Å². The van der Waals surface area contributed by atoms with E-state index in [-0.39, 0.29) is 11.8 Å². The fraction of sp³-hybridized carbons (Fsp3) is 0.471. The number of aryl methyl sites for hydroxylation is 2. The van der Waals surface area contributed by atoms with Crippen LogP contribution in [-0.4, -0.2) is 20.7 Å². The molecule has 0 aliphatic carbocycles. The SMILES string of the molecule is Cc1nn(CCC(C)C)c2c1C(c1ccncc1)CC(=O)N2. The highest BCUT2D eigenvalue weighted by molar-refractivity contribution is 5.94. The van der Waals surface area contributed by atoms with Crippen LogP contribution < -0.4 is 5.32 Å². The average molecular weight is 298 g/mol. The van der Waals surface area contributed by atoms with Crippen molar-refractivity contribution >= 4 is 11.7 Å². The predicted molar refractivity (Wildman–Crippen MR) is 85.7 cm³/mol. The van der Waals surface area contributed by atoms with Crippen molar-refractivity contribution in [3.05, 3.63) is 41.3 Å². The monoisotopic (exact) mass is 298 g/mol. The van der Waals surface area contributed by atoms with Crippen LogP contribution in [0.3, 0.4) is 0 Å². The van der Waals surface area contributed by atoms with Gasteiger partial charge in [0.2, 0.25) is 5.91 Å². The van der Waals surface area contributed by atoms with Gasteiger partial charge >= 0.3 is 0 Å². The van der Waals surface area contributed by atoms with E-state index in [4.69, 9.17) is 0 Å². The fourth-order valence-corrected chi connectivity index (χ4v) is 3.04. The standard InChI is InChI=1S/C17H22N4O/c1-11(2)6-9-21-17-16(12(3)20-21)14(10-15(22)19-17)13-4-7-18-8-5-13/h4-5,7-8,11,14H,6,9-10H2,1-3H3,(H,19,22). The van der Waals surface area contributed by atoms with Crippen molar-refractivity contribution in [3.8, 4) is 0 Å². The minimum atomic E-state index is 0.0556. The molecule has 0 radical (unpaired) electrons. The Kier molecular flexibility index (Phi) is 3.96. The summed E-state index contributed by atoms with van der Waals surface area (Å²) in [6.45, 7) is 7.25. The summed E-state index contributed by atoms with van der Waals surface area (Å²) in [7, 11) is 0. The van der Waals surface area contributed by atoms with Crippen molar-refractivity contribution in [1.29, 1.82) is 0 Å². The molecule has 5 heteroatoms. The molecule has 0 saturated carbocycles. The summed E-state index contributed by atoms with van der Waals surface area (Å²) in [6.07, 6.45) is 5.07. The second kappa shape index (κ2) is 5.91. The van der Waals surface area contributed by atoms with Gasteiger partial charge in [-0.25, -0.2) is 4.68 Å². The molecule has 0 spiro atoms. The number of amides is 1. The maximum absolute atomic E-state index is 12.1. The van der Waals surface area contributed by atoms with Gasteiger partial charge in [-0.2, -0.15) is 5.10 Å². The van der Waals surface area contributed by atoms with Crippen LogP contribution in [0.5, 0.6) is 0 Å². The number of anilines is 1. The third kappa shape index (κ3) is 2.75. The number of fused-ring (bicyclic) bond motifs is 1. The molecule has 1 unspecified atom stereocenters. The van der Waals surface area contributed by atoms with Gasteiger partial charge in [0.1, 0.15) is 5.82 Å². The molecular weight excluding hydrogens is 276 g/mol. The molecule has 5 nitrogen and oxygen atoms in total.